The highest BCUT2D eigenvalue weighted by Crippen LogP contribution is 2.09. The molecule has 5 nitrogen and oxygen atoms in total. The molecule has 0 amide bonds. The average molecular weight is 215 g/mol. The first-order valence-electron chi connectivity index (χ1n) is 4.66. The van der Waals surface area contributed by atoms with Crippen molar-refractivity contribution in [2.75, 3.05) is 0 Å². The standard InChI is InChI=1S/C11H9N3O2/c1-13-9-4-3-7(6-12)5-8(9)10(15)14(2)11(13)16/h3-5H,1-2H3. The van der Waals surface area contributed by atoms with E-state index in [0.717, 1.165) is 4.57 Å². The summed E-state index contributed by atoms with van der Waals surface area (Å²) in [5.41, 5.74) is 0.188. The van der Waals surface area contributed by atoms with Crippen molar-refractivity contribution in [1.29, 1.82) is 5.26 Å². The van der Waals surface area contributed by atoms with Crippen molar-refractivity contribution in [3.8, 4) is 6.07 Å². The summed E-state index contributed by atoms with van der Waals surface area (Å²) in [4.78, 5) is 23.4. The lowest BCUT2D eigenvalue weighted by molar-refractivity contribution is 0.713. The number of hydrogen-bond acceptors (Lipinski definition) is 3. The number of hydrogen-bond donors (Lipinski definition) is 0. The Morgan fingerprint density at radius 2 is 1.88 bits per heavy atom. The number of fused-ring (bicyclic) bond motifs is 1. The minimum Gasteiger partial charge on any atom is -0.296 e. The molecular formula is C11H9N3O2. The summed E-state index contributed by atoms with van der Waals surface area (Å²) < 4.78 is 2.42. The third kappa shape index (κ3) is 1.24. The summed E-state index contributed by atoms with van der Waals surface area (Å²) in [5.74, 6) is 0. The van der Waals surface area contributed by atoms with Crippen LogP contribution < -0.4 is 11.2 Å². The maximum absolute atomic E-state index is 11.8. The Balaban J connectivity index is 3.11. The molecule has 0 bridgehead atoms. The van der Waals surface area contributed by atoms with E-state index in [9.17, 15) is 9.59 Å². The summed E-state index contributed by atoms with van der Waals surface area (Å²) in [7, 11) is 3.01. The fourth-order valence-electron chi connectivity index (χ4n) is 1.66. The van der Waals surface area contributed by atoms with Gasteiger partial charge in [-0.25, -0.2) is 4.79 Å². The van der Waals surface area contributed by atoms with Crippen molar-refractivity contribution in [3.05, 3.63) is 44.6 Å². The Morgan fingerprint density at radius 3 is 2.50 bits per heavy atom. The van der Waals surface area contributed by atoms with Crippen LogP contribution >= 0.6 is 0 Å². The molecule has 0 N–H and O–H groups in total. The van der Waals surface area contributed by atoms with Crippen LogP contribution in [0.5, 0.6) is 0 Å². The lowest BCUT2D eigenvalue weighted by Gasteiger charge is -2.06. The zero-order valence-electron chi connectivity index (χ0n) is 8.89. The molecule has 1 aromatic heterocycles. The van der Waals surface area contributed by atoms with Crippen LogP contribution in [-0.2, 0) is 14.1 Å². The zero-order chi connectivity index (χ0) is 11.9. The monoisotopic (exact) mass is 215 g/mol. The second-order valence-corrected chi connectivity index (χ2v) is 3.55. The highest BCUT2D eigenvalue weighted by molar-refractivity contribution is 5.79. The van der Waals surface area contributed by atoms with Crippen molar-refractivity contribution < 1.29 is 0 Å². The molecule has 80 valence electrons. The molecule has 5 heteroatoms. The molecule has 0 unspecified atom stereocenters. The van der Waals surface area contributed by atoms with Crippen LogP contribution in [0, 0.1) is 11.3 Å². The highest BCUT2D eigenvalue weighted by Gasteiger charge is 2.08. The number of rotatable bonds is 0. The lowest BCUT2D eigenvalue weighted by atomic mass is 10.1. The highest BCUT2D eigenvalue weighted by atomic mass is 16.2. The minimum atomic E-state index is -0.379. The fourth-order valence-corrected chi connectivity index (χ4v) is 1.66. The molecule has 16 heavy (non-hydrogen) atoms. The largest absolute Gasteiger partial charge is 0.330 e. The normalized spacial score (nSPS) is 10.3. The Hall–Kier alpha value is -2.35. The van der Waals surface area contributed by atoms with Gasteiger partial charge in [-0.2, -0.15) is 5.26 Å². The van der Waals surface area contributed by atoms with E-state index in [2.05, 4.69) is 0 Å². The van der Waals surface area contributed by atoms with Crippen LogP contribution in [0.1, 0.15) is 5.56 Å². The molecule has 0 atom stereocenters. The van der Waals surface area contributed by atoms with Gasteiger partial charge in [0.2, 0.25) is 0 Å². The molecule has 2 aromatic rings. The van der Waals surface area contributed by atoms with Crippen LogP contribution in [0.15, 0.2) is 27.8 Å². The van der Waals surface area contributed by atoms with Gasteiger partial charge in [0.05, 0.1) is 22.5 Å². The van der Waals surface area contributed by atoms with Crippen LogP contribution in [-0.4, -0.2) is 9.13 Å². The van der Waals surface area contributed by atoms with Gasteiger partial charge < -0.3 is 0 Å². The quantitative estimate of drug-likeness (QED) is 0.626. The molecule has 0 spiro atoms. The summed E-state index contributed by atoms with van der Waals surface area (Å²) in [6.07, 6.45) is 0. The topological polar surface area (TPSA) is 67.8 Å². The second kappa shape index (κ2) is 3.35. The third-order valence-corrected chi connectivity index (χ3v) is 2.60. The lowest BCUT2D eigenvalue weighted by Crippen LogP contribution is -2.36. The summed E-state index contributed by atoms with van der Waals surface area (Å²) in [6, 6.07) is 6.65. The second-order valence-electron chi connectivity index (χ2n) is 3.55. The van der Waals surface area contributed by atoms with Crippen LogP contribution in [0.2, 0.25) is 0 Å². The first-order valence-corrected chi connectivity index (χ1v) is 4.66. The molecule has 2 rings (SSSR count). The maximum Gasteiger partial charge on any atom is 0.330 e. The van der Waals surface area contributed by atoms with Crippen molar-refractivity contribution in [2.24, 2.45) is 14.1 Å². The summed E-state index contributed by atoms with van der Waals surface area (Å²) >= 11 is 0. The van der Waals surface area contributed by atoms with Crippen molar-refractivity contribution in [1.82, 2.24) is 9.13 Å². The van der Waals surface area contributed by atoms with E-state index in [1.165, 1.54) is 17.7 Å². The number of nitrogens with zero attached hydrogens (tertiary/aromatic N) is 3. The fraction of sp³-hybridized carbons (Fsp3) is 0.182. The van der Waals surface area contributed by atoms with Crippen LogP contribution in [0.4, 0.5) is 0 Å². The Labute approximate surface area is 90.8 Å². The van der Waals surface area contributed by atoms with E-state index in [1.807, 2.05) is 6.07 Å². The van der Waals surface area contributed by atoms with Gasteiger partial charge >= 0.3 is 5.69 Å². The van der Waals surface area contributed by atoms with Gasteiger partial charge in [0.1, 0.15) is 0 Å². The average Bonchev–Trinajstić information content (AvgIpc) is 2.33. The number of aryl methyl sites for hydroxylation is 1. The van der Waals surface area contributed by atoms with Crippen molar-refractivity contribution >= 4 is 10.9 Å². The Kier molecular flexibility index (Phi) is 2.13. The van der Waals surface area contributed by atoms with E-state index < -0.39 is 0 Å². The summed E-state index contributed by atoms with van der Waals surface area (Å²) in [5, 5.41) is 9.13. The Bertz CT molecular complexity index is 732. The van der Waals surface area contributed by atoms with E-state index in [4.69, 9.17) is 5.26 Å². The zero-order valence-corrected chi connectivity index (χ0v) is 8.89. The van der Waals surface area contributed by atoms with Gasteiger partial charge in [0.25, 0.3) is 5.56 Å². The predicted molar refractivity (Wildman–Crippen MR) is 59.1 cm³/mol. The molecule has 0 radical (unpaired) electrons. The van der Waals surface area contributed by atoms with Crippen LogP contribution in [0.3, 0.4) is 0 Å². The van der Waals surface area contributed by atoms with Crippen LogP contribution in [0.25, 0.3) is 10.9 Å². The van der Waals surface area contributed by atoms with E-state index in [0.29, 0.717) is 16.5 Å². The first kappa shape index (κ1) is 10.2. The Morgan fingerprint density at radius 1 is 1.19 bits per heavy atom. The van der Waals surface area contributed by atoms with E-state index in [-0.39, 0.29) is 11.2 Å². The molecule has 0 aliphatic carbocycles. The van der Waals surface area contributed by atoms with Crippen molar-refractivity contribution in [3.63, 3.8) is 0 Å². The maximum atomic E-state index is 11.8. The number of nitriles is 1. The molecule has 0 aliphatic heterocycles. The molecular weight excluding hydrogens is 206 g/mol. The molecule has 0 saturated heterocycles. The molecule has 0 fully saturated rings. The van der Waals surface area contributed by atoms with Gasteiger partial charge in [0.15, 0.2) is 0 Å². The molecule has 1 aromatic carbocycles. The third-order valence-electron chi connectivity index (χ3n) is 2.60. The van der Waals surface area contributed by atoms with E-state index in [1.54, 1.807) is 19.2 Å². The molecule has 0 aliphatic rings. The van der Waals surface area contributed by atoms with Gasteiger partial charge in [-0.3, -0.25) is 13.9 Å². The first-order chi connectivity index (χ1) is 7.56. The van der Waals surface area contributed by atoms with Gasteiger partial charge in [-0.05, 0) is 18.2 Å². The summed E-state index contributed by atoms with van der Waals surface area (Å²) in [6.45, 7) is 0. The number of aromatic nitrogens is 2. The molecule has 1 heterocycles. The van der Waals surface area contributed by atoms with Gasteiger partial charge in [-0.1, -0.05) is 0 Å². The van der Waals surface area contributed by atoms with Gasteiger partial charge in [0, 0.05) is 14.1 Å². The predicted octanol–water partition coefficient (Wildman–Crippen LogP) is 0.109. The smallest absolute Gasteiger partial charge is 0.296 e. The van der Waals surface area contributed by atoms with Gasteiger partial charge in [-0.15, -0.1) is 0 Å². The van der Waals surface area contributed by atoms with Crippen molar-refractivity contribution in [2.45, 2.75) is 0 Å². The number of benzene rings is 1. The molecule has 0 saturated carbocycles. The SMILES string of the molecule is Cn1c(=O)c2cc(C#N)ccc2n(C)c1=O. The van der Waals surface area contributed by atoms with E-state index >= 15 is 0 Å². The minimum absolute atomic E-state index is 0.373.